The van der Waals surface area contributed by atoms with Gasteiger partial charge in [-0.1, -0.05) is 17.7 Å². The molecule has 1 heterocycles. The maximum atomic E-state index is 12.3. The molecule has 18 heavy (non-hydrogen) atoms. The second-order valence-corrected chi connectivity index (χ2v) is 5.89. The van der Waals surface area contributed by atoms with Crippen LogP contribution >= 0.6 is 0 Å². The molecular weight excluding hydrogens is 252 g/mol. The van der Waals surface area contributed by atoms with Crippen LogP contribution in [0, 0.1) is 6.92 Å². The van der Waals surface area contributed by atoms with E-state index in [1.165, 1.54) is 31.5 Å². The van der Waals surface area contributed by atoms with E-state index in [4.69, 9.17) is 0 Å². The fourth-order valence-corrected chi connectivity index (χ4v) is 2.99. The molecule has 1 N–H and O–H groups in total. The first-order chi connectivity index (χ1) is 8.43. The smallest absolute Gasteiger partial charge is 0.269 e. The molecule has 0 saturated heterocycles. The number of aliphatic hydroxyl groups excluding tert-OH is 1. The van der Waals surface area contributed by atoms with Gasteiger partial charge in [0.15, 0.2) is 5.82 Å². The Bertz CT molecular complexity index is 642. The van der Waals surface area contributed by atoms with Crippen molar-refractivity contribution in [2.24, 2.45) is 0 Å². The van der Waals surface area contributed by atoms with Gasteiger partial charge in [0.25, 0.3) is 10.0 Å². The molecule has 2 rings (SSSR count). The third-order valence-corrected chi connectivity index (χ3v) is 4.28. The molecule has 5 nitrogen and oxygen atoms in total. The highest BCUT2D eigenvalue weighted by Crippen LogP contribution is 2.19. The van der Waals surface area contributed by atoms with Crippen LogP contribution in [0.15, 0.2) is 41.6 Å². The van der Waals surface area contributed by atoms with E-state index in [-0.39, 0.29) is 10.7 Å². The van der Waals surface area contributed by atoms with Gasteiger partial charge in [0.1, 0.15) is 6.10 Å². The van der Waals surface area contributed by atoms with E-state index in [2.05, 4.69) is 4.98 Å². The van der Waals surface area contributed by atoms with Crippen molar-refractivity contribution >= 4 is 10.0 Å². The number of aromatic nitrogens is 2. The van der Waals surface area contributed by atoms with Gasteiger partial charge in [-0.15, -0.1) is 0 Å². The molecule has 0 aliphatic rings. The number of nitrogens with zero attached hydrogens (tertiary/aromatic N) is 2. The summed E-state index contributed by atoms with van der Waals surface area (Å²) >= 11 is 0. The van der Waals surface area contributed by atoms with Gasteiger partial charge < -0.3 is 5.11 Å². The molecule has 0 saturated carbocycles. The summed E-state index contributed by atoms with van der Waals surface area (Å²) in [6.45, 7) is 3.36. The second kappa shape index (κ2) is 4.55. The van der Waals surface area contributed by atoms with E-state index in [1.54, 1.807) is 12.1 Å². The molecule has 1 aromatic heterocycles. The molecule has 0 fully saturated rings. The predicted molar refractivity (Wildman–Crippen MR) is 66.6 cm³/mol. The first kappa shape index (κ1) is 12.8. The van der Waals surface area contributed by atoms with Crippen LogP contribution in [-0.4, -0.2) is 22.5 Å². The SMILES string of the molecule is Cc1ccc(S(=O)(=O)n2ccnc2C(C)O)cc1. The summed E-state index contributed by atoms with van der Waals surface area (Å²) in [5, 5.41) is 9.50. The normalized spacial score (nSPS) is 13.5. The van der Waals surface area contributed by atoms with Gasteiger partial charge in [0.2, 0.25) is 0 Å². The summed E-state index contributed by atoms with van der Waals surface area (Å²) in [5.74, 6) is 0.107. The number of aryl methyl sites for hydroxylation is 1. The maximum Gasteiger partial charge on any atom is 0.269 e. The van der Waals surface area contributed by atoms with Crippen molar-refractivity contribution in [3.05, 3.63) is 48.0 Å². The first-order valence-electron chi connectivity index (χ1n) is 5.46. The van der Waals surface area contributed by atoms with Crippen LogP contribution in [-0.2, 0) is 10.0 Å². The number of hydrogen-bond donors (Lipinski definition) is 1. The van der Waals surface area contributed by atoms with Crippen LogP contribution in [0.25, 0.3) is 0 Å². The summed E-state index contributed by atoms with van der Waals surface area (Å²) < 4.78 is 25.7. The Hall–Kier alpha value is -1.66. The lowest BCUT2D eigenvalue weighted by atomic mass is 10.2. The topological polar surface area (TPSA) is 72.2 Å². The van der Waals surface area contributed by atoms with Crippen LogP contribution < -0.4 is 0 Å². The van der Waals surface area contributed by atoms with Crippen LogP contribution in [0.3, 0.4) is 0 Å². The van der Waals surface area contributed by atoms with Gasteiger partial charge >= 0.3 is 0 Å². The summed E-state index contributed by atoms with van der Waals surface area (Å²) in [7, 11) is -3.69. The van der Waals surface area contributed by atoms with Gasteiger partial charge in [0.05, 0.1) is 4.90 Å². The fraction of sp³-hybridized carbons (Fsp3) is 0.250. The minimum Gasteiger partial charge on any atom is -0.385 e. The van der Waals surface area contributed by atoms with E-state index in [9.17, 15) is 13.5 Å². The summed E-state index contributed by atoms with van der Waals surface area (Å²) in [4.78, 5) is 4.03. The van der Waals surface area contributed by atoms with Crippen molar-refractivity contribution in [3.8, 4) is 0 Å². The first-order valence-corrected chi connectivity index (χ1v) is 6.90. The molecule has 2 aromatic rings. The van der Waals surface area contributed by atoms with Crippen molar-refractivity contribution in [2.45, 2.75) is 24.8 Å². The Labute approximate surface area is 106 Å². The highest BCUT2D eigenvalue weighted by Gasteiger charge is 2.21. The maximum absolute atomic E-state index is 12.3. The van der Waals surface area contributed by atoms with E-state index in [0.29, 0.717) is 0 Å². The quantitative estimate of drug-likeness (QED) is 0.913. The van der Waals surface area contributed by atoms with Gasteiger partial charge in [0, 0.05) is 12.4 Å². The average molecular weight is 266 g/mol. The van der Waals surface area contributed by atoms with Gasteiger partial charge in [-0.25, -0.2) is 17.4 Å². The van der Waals surface area contributed by atoms with E-state index in [1.807, 2.05) is 6.92 Å². The molecule has 0 spiro atoms. The fourth-order valence-electron chi connectivity index (χ4n) is 1.62. The lowest BCUT2D eigenvalue weighted by molar-refractivity contribution is 0.188. The van der Waals surface area contributed by atoms with Crippen molar-refractivity contribution in [2.75, 3.05) is 0 Å². The number of imidazole rings is 1. The van der Waals surface area contributed by atoms with Crippen LogP contribution in [0.2, 0.25) is 0 Å². The lowest BCUT2D eigenvalue weighted by Gasteiger charge is -2.10. The molecule has 0 bridgehead atoms. The largest absolute Gasteiger partial charge is 0.385 e. The van der Waals surface area contributed by atoms with E-state index < -0.39 is 16.1 Å². The molecule has 0 aliphatic carbocycles. The number of benzene rings is 1. The van der Waals surface area contributed by atoms with Crippen LogP contribution in [0.4, 0.5) is 0 Å². The van der Waals surface area contributed by atoms with Gasteiger partial charge in [-0.3, -0.25) is 0 Å². The molecule has 0 amide bonds. The molecular formula is C12H14N2O3S. The number of aliphatic hydroxyl groups is 1. The van der Waals surface area contributed by atoms with Crippen molar-refractivity contribution in [1.29, 1.82) is 0 Å². The predicted octanol–water partition coefficient (Wildman–Crippen LogP) is 1.48. The zero-order valence-corrected chi connectivity index (χ0v) is 10.9. The van der Waals surface area contributed by atoms with E-state index in [0.717, 1.165) is 9.54 Å². The van der Waals surface area contributed by atoms with Crippen molar-refractivity contribution < 1.29 is 13.5 Å². The second-order valence-electron chi connectivity index (χ2n) is 4.08. The minimum absolute atomic E-state index is 0.107. The third kappa shape index (κ3) is 2.16. The monoisotopic (exact) mass is 266 g/mol. The molecule has 6 heteroatoms. The Morgan fingerprint density at radius 1 is 1.28 bits per heavy atom. The zero-order valence-electron chi connectivity index (χ0n) is 10.1. The summed E-state index contributed by atoms with van der Waals surface area (Å²) in [6.07, 6.45) is 1.74. The van der Waals surface area contributed by atoms with Crippen LogP contribution in [0.1, 0.15) is 24.4 Å². The average Bonchev–Trinajstić information content (AvgIpc) is 2.79. The summed E-state index contributed by atoms with van der Waals surface area (Å²) in [5.41, 5.74) is 0.982. The van der Waals surface area contributed by atoms with Gasteiger partial charge in [-0.05, 0) is 26.0 Å². The standard InChI is InChI=1S/C12H14N2O3S/c1-9-3-5-11(6-4-9)18(16,17)14-8-7-13-12(14)10(2)15/h3-8,10,15H,1-2H3. The van der Waals surface area contributed by atoms with Crippen molar-refractivity contribution in [1.82, 2.24) is 8.96 Å². The Balaban J connectivity index is 2.55. The molecule has 1 unspecified atom stereocenters. The Morgan fingerprint density at radius 2 is 1.89 bits per heavy atom. The van der Waals surface area contributed by atoms with Crippen molar-refractivity contribution in [3.63, 3.8) is 0 Å². The molecule has 1 atom stereocenters. The molecule has 1 aromatic carbocycles. The molecule has 96 valence electrons. The Morgan fingerprint density at radius 3 is 2.44 bits per heavy atom. The number of hydrogen-bond acceptors (Lipinski definition) is 4. The summed E-state index contributed by atoms with van der Waals surface area (Å²) in [6, 6.07) is 6.53. The number of rotatable bonds is 3. The highest BCUT2D eigenvalue weighted by molar-refractivity contribution is 7.90. The van der Waals surface area contributed by atoms with Gasteiger partial charge in [-0.2, -0.15) is 0 Å². The van der Waals surface area contributed by atoms with Crippen LogP contribution in [0.5, 0.6) is 0 Å². The third-order valence-electron chi connectivity index (χ3n) is 2.59. The molecule has 0 radical (unpaired) electrons. The zero-order chi connectivity index (χ0) is 13.3. The highest BCUT2D eigenvalue weighted by atomic mass is 32.2. The Kier molecular flexibility index (Phi) is 3.23. The van der Waals surface area contributed by atoms with E-state index >= 15 is 0 Å². The minimum atomic E-state index is -3.69. The molecule has 0 aliphatic heterocycles. The lowest BCUT2D eigenvalue weighted by Crippen LogP contribution is -2.16.